The number of halogens is 2. The molecule has 0 N–H and O–H groups in total. The molecular weight excluding hydrogens is 463 g/mol. The molecule has 0 saturated carbocycles. The zero-order chi connectivity index (χ0) is 24.1. The highest BCUT2D eigenvalue weighted by atomic mass is 35.5. The van der Waals surface area contributed by atoms with E-state index in [1.165, 1.54) is 5.57 Å². The van der Waals surface area contributed by atoms with Gasteiger partial charge in [-0.05, 0) is 77.6 Å². The average molecular weight is 489 g/mol. The Labute approximate surface area is 210 Å². The second-order valence-corrected chi connectivity index (χ2v) is 8.82. The van der Waals surface area contributed by atoms with Crippen molar-refractivity contribution in [3.63, 3.8) is 0 Å². The summed E-state index contributed by atoms with van der Waals surface area (Å²) in [6.07, 6.45) is 4.64. The summed E-state index contributed by atoms with van der Waals surface area (Å²) in [5.41, 5.74) is 6.43. The largest absolute Gasteiger partial charge is 0.481 e. The van der Waals surface area contributed by atoms with Gasteiger partial charge in [-0.1, -0.05) is 60.5 Å². The quantitative estimate of drug-likeness (QED) is 0.243. The van der Waals surface area contributed by atoms with Gasteiger partial charge in [0.05, 0.1) is 12.6 Å². The number of methoxy groups -OCH3 is 1. The van der Waals surface area contributed by atoms with Crippen molar-refractivity contribution in [2.75, 3.05) is 7.11 Å². The lowest BCUT2D eigenvalue weighted by molar-refractivity contribution is 0.400. The van der Waals surface area contributed by atoms with Gasteiger partial charge in [0.1, 0.15) is 0 Å². The third-order valence-corrected chi connectivity index (χ3v) is 6.35. The molecule has 0 amide bonds. The molecule has 0 aliphatic heterocycles. The Morgan fingerprint density at radius 1 is 0.971 bits per heavy atom. The van der Waals surface area contributed by atoms with Gasteiger partial charge in [0.15, 0.2) is 0 Å². The highest BCUT2D eigenvalue weighted by Gasteiger charge is 2.20. The number of aromatic nitrogens is 1. The minimum atomic E-state index is 0.0321. The van der Waals surface area contributed by atoms with Gasteiger partial charge in [0.2, 0.25) is 5.88 Å². The number of allylic oxidation sites excluding steroid dienone is 1. The standard InChI is InChI=1S/C29H26Cl2N2O/c1-4-19(18-32-5-2)29(20-9-12-23(30)13-10-20)22-11-14-27-26(16-22)25(17-28(33-27)34-3)21-7-6-8-24(31)15-21/h5-18,29H,4H2,1-3H3/b19-18+,32-5-. The molecule has 0 fully saturated rings. The molecule has 4 aromatic rings. The summed E-state index contributed by atoms with van der Waals surface area (Å²) in [7, 11) is 1.63. The third kappa shape index (κ3) is 5.16. The fourth-order valence-corrected chi connectivity index (χ4v) is 4.53. The first-order chi connectivity index (χ1) is 16.5. The molecular formula is C29H26Cl2N2O. The van der Waals surface area contributed by atoms with Crippen LogP contribution in [0.1, 0.15) is 37.3 Å². The molecule has 0 aliphatic rings. The molecule has 1 atom stereocenters. The zero-order valence-electron chi connectivity index (χ0n) is 19.4. The summed E-state index contributed by atoms with van der Waals surface area (Å²) in [4.78, 5) is 9.13. The van der Waals surface area contributed by atoms with Crippen molar-refractivity contribution < 1.29 is 4.74 Å². The number of fused-ring (bicyclic) bond motifs is 1. The fourth-order valence-electron chi connectivity index (χ4n) is 4.21. The monoisotopic (exact) mass is 488 g/mol. The number of pyridine rings is 1. The summed E-state index contributed by atoms with van der Waals surface area (Å²) < 4.78 is 5.49. The molecule has 3 aromatic carbocycles. The molecule has 0 radical (unpaired) electrons. The van der Waals surface area contributed by atoms with E-state index in [2.05, 4.69) is 48.3 Å². The molecule has 0 saturated heterocycles. The number of hydrogen-bond donors (Lipinski definition) is 0. The van der Waals surface area contributed by atoms with E-state index < -0.39 is 0 Å². The maximum absolute atomic E-state index is 6.32. The molecule has 0 bridgehead atoms. The number of hydrogen-bond acceptors (Lipinski definition) is 3. The lowest BCUT2D eigenvalue weighted by Gasteiger charge is -2.22. The van der Waals surface area contributed by atoms with Gasteiger partial charge < -0.3 is 4.74 Å². The number of aliphatic imine (C=N–C) groups is 1. The van der Waals surface area contributed by atoms with Crippen LogP contribution in [0.5, 0.6) is 5.88 Å². The van der Waals surface area contributed by atoms with Gasteiger partial charge in [-0.15, -0.1) is 0 Å². The van der Waals surface area contributed by atoms with Crippen LogP contribution < -0.4 is 4.74 Å². The van der Waals surface area contributed by atoms with Crippen molar-refractivity contribution >= 4 is 40.3 Å². The highest BCUT2D eigenvalue weighted by Crippen LogP contribution is 2.38. The smallest absolute Gasteiger partial charge is 0.214 e. The molecule has 172 valence electrons. The first kappa shape index (κ1) is 24.0. The van der Waals surface area contributed by atoms with E-state index in [9.17, 15) is 0 Å². The molecule has 4 rings (SSSR count). The number of benzene rings is 3. The molecule has 1 aromatic heterocycles. The van der Waals surface area contributed by atoms with E-state index in [-0.39, 0.29) is 5.92 Å². The van der Waals surface area contributed by atoms with Crippen LogP contribution >= 0.6 is 23.2 Å². The Bertz CT molecular complexity index is 1360. The molecule has 1 unspecified atom stereocenters. The van der Waals surface area contributed by atoms with E-state index in [4.69, 9.17) is 32.9 Å². The van der Waals surface area contributed by atoms with Crippen molar-refractivity contribution in [3.05, 3.63) is 106 Å². The lowest BCUT2D eigenvalue weighted by Crippen LogP contribution is -2.05. The summed E-state index contributed by atoms with van der Waals surface area (Å²) in [6, 6.07) is 24.3. The van der Waals surface area contributed by atoms with E-state index in [1.54, 1.807) is 7.11 Å². The van der Waals surface area contributed by atoms with Gasteiger partial charge in [-0.3, -0.25) is 4.99 Å². The highest BCUT2D eigenvalue weighted by molar-refractivity contribution is 6.31. The first-order valence-corrected chi connectivity index (χ1v) is 12.0. The molecule has 3 nitrogen and oxygen atoms in total. The maximum atomic E-state index is 6.32. The van der Waals surface area contributed by atoms with Crippen molar-refractivity contribution in [2.45, 2.75) is 26.2 Å². The Morgan fingerprint density at radius 2 is 1.74 bits per heavy atom. The Morgan fingerprint density at radius 3 is 2.41 bits per heavy atom. The summed E-state index contributed by atoms with van der Waals surface area (Å²) in [5.74, 6) is 0.598. The number of ether oxygens (including phenoxy) is 1. The van der Waals surface area contributed by atoms with Crippen molar-refractivity contribution in [2.24, 2.45) is 4.99 Å². The van der Waals surface area contributed by atoms with Gasteiger partial charge in [-0.25, -0.2) is 4.98 Å². The van der Waals surface area contributed by atoms with Gasteiger partial charge in [-0.2, -0.15) is 0 Å². The predicted molar refractivity (Wildman–Crippen MR) is 145 cm³/mol. The van der Waals surface area contributed by atoms with Crippen LogP contribution in [0, 0.1) is 0 Å². The maximum Gasteiger partial charge on any atom is 0.214 e. The Balaban J connectivity index is 1.97. The number of rotatable bonds is 7. The Hall–Kier alpha value is -3.14. The first-order valence-electron chi connectivity index (χ1n) is 11.2. The van der Waals surface area contributed by atoms with Crippen LogP contribution in [-0.4, -0.2) is 18.3 Å². The van der Waals surface area contributed by atoms with E-state index in [0.29, 0.717) is 15.9 Å². The number of nitrogens with zero attached hydrogens (tertiary/aromatic N) is 2. The fraction of sp³-hybridized carbons (Fsp3) is 0.172. The lowest BCUT2D eigenvalue weighted by atomic mass is 9.83. The molecule has 0 spiro atoms. The van der Waals surface area contributed by atoms with Crippen molar-refractivity contribution in [1.29, 1.82) is 0 Å². The van der Waals surface area contributed by atoms with Crippen molar-refractivity contribution in [1.82, 2.24) is 4.98 Å². The van der Waals surface area contributed by atoms with Gasteiger partial charge in [0, 0.05) is 39.8 Å². The van der Waals surface area contributed by atoms with Crippen LogP contribution in [-0.2, 0) is 0 Å². The SMILES string of the molecule is C/C=N\C=C(/CC)C(c1ccc(Cl)cc1)c1ccc2nc(OC)cc(-c3cccc(Cl)c3)c2c1. The van der Waals surface area contributed by atoms with E-state index >= 15 is 0 Å². The Kier molecular flexibility index (Phi) is 7.66. The normalized spacial score (nSPS) is 12.9. The zero-order valence-corrected chi connectivity index (χ0v) is 20.9. The summed E-state index contributed by atoms with van der Waals surface area (Å²) >= 11 is 12.5. The summed E-state index contributed by atoms with van der Waals surface area (Å²) in [6.45, 7) is 4.08. The van der Waals surface area contributed by atoms with Crippen LogP contribution in [0.15, 0.2) is 89.6 Å². The van der Waals surface area contributed by atoms with Crippen LogP contribution in [0.3, 0.4) is 0 Å². The minimum absolute atomic E-state index is 0.0321. The van der Waals surface area contributed by atoms with E-state index in [0.717, 1.165) is 39.6 Å². The second kappa shape index (κ2) is 10.9. The molecule has 5 heteroatoms. The minimum Gasteiger partial charge on any atom is -0.481 e. The second-order valence-electron chi connectivity index (χ2n) is 7.95. The average Bonchev–Trinajstić information content (AvgIpc) is 2.86. The topological polar surface area (TPSA) is 34.5 Å². The summed E-state index contributed by atoms with van der Waals surface area (Å²) in [5, 5.41) is 2.44. The van der Waals surface area contributed by atoms with Crippen LogP contribution in [0.2, 0.25) is 10.0 Å². The molecule has 1 heterocycles. The van der Waals surface area contributed by atoms with Crippen LogP contribution in [0.25, 0.3) is 22.0 Å². The van der Waals surface area contributed by atoms with Gasteiger partial charge >= 0.3 is 0 Å². The van der Waals surface area contributed by atoms with Gasteiger partial charge in [0.25, 0.3) is 0 Å². The molecule has 34 heavy (non-hydrogen) atoms. The van der Waals surface area contributed by atoms with Crippen molar-refractivity contribution in [3.8, 4) is 17.0 Å². The molecule has 0 aliphatic carbocycles. The third-order valence-electron chi connectivity index (χ3n) is 5.86. The van der Waals surface area contributed by atoms with Crippen LogP contribution in [0.4, 0.5) is 0 Å². The predicted octanol–water partition coefficient (Wildman–Crippen LogP) is 8.73. The van der Waals surface area contributed by atoms with E-state index in [1.807, 2.05) is 55.7 Å².